The molecule has 0 aliphatic carbocycles. The van der Waals surface area contributed by atoms with Crippen molar-refractivity contribution < 1.29 is 13.6 Å². The van der Waals surface area contributed by atoms with Gasteiger partial charge in [0.15, 0.2) is 0 Å². The fraction of sp³-hybridized carbons (Fsp3) is 0.300. The molecule has 0 aliphatic heterocycles. The molecular weight excluding hydrogens is 402 g/mol. The summed E-state index contributed by atoms with van der Waals surface area (Å²) in [7, 11) is -3.67. The highest BCUT2D eigenvalue weighted by atomic mass is 79.9. The van der Waals surface area contributed by atoms with Crippen molar-refractivity contribution in [1.82, 2.24) is 4.72 Å². The van der Waals surface area contributed by atoms with Crippen LogP contribution in [-0.4, -0.2) is 26.0 Å². The number of amidine groups is 1. The van der Waals surface area contributed by atoms with Crippen LogP contribution in [0.4, 0.5) is 0 Å². The summed E-state index contributed by atoms with van der Waals surface area (Å²) < 4.78 is 27.8. The maximum atomic E-state index is 12.1. The van der Waals surface area contributed by atoms with Gasteiger partial charge in [-0.25, -0.2) is 13.1 Å². The molecule has 1 unspecified atom stereocenters. The first-order valence-corrected chi connectivity index (χ1v) is 8.27. The molecular formula is C10H13Br2N3O3S. The zero-order valence-corrected chi connectivity index (χ0v) is 14.0. The lowest BCUT2D eigenvalue weighted by atomic mass is 10.2. The van der Waals surface area contributed by atoms with E-state index in [9.17, 15) is 8.42 Å². The van der Waals surface area contributed by atoms with Gasteiger partial charge in [0.2, 0.25) is 10.0 Å². The Morgan fingerprint density at radius 2 is 2.16 bits per heavy atom. The average molecular weight is 415 g/mol. The third kappa shape index (κ3) is 4.44. The first kappa shape index (κ1) is 16.4. The van der Waals surface area contributed by atoms with Crippen molar-refractivity contribution in [1.29, 1.82) is 0 Å². The molecule has 1 aromatic rings. The van der Waals surface area contributed by atoms with Gasteiger partial charge in [-0.05, 0) is 34.1 Å². The van der Waals surface area contributed by atoms with E-state index < -0.39 is 15.9 Å². The molecule has 0 fully saturated rings. The second-order valence-corrected chi connectivity index (χ2v) is 7.36. The van der Waals surface area contributed by atoms with E-state index in [4.69, 9.17) is 10.9 Å². The molecule has 1 aromatic carbocycles. The molecule has 6 nitrogen and oxygen atoms in total. The molecule has 4 N–H and O–H groups in total. The van der Waals surface area contributed by atoms with Crippen LogP contribution in [0.2, 0.25) is 0 Å². The zero-order chi connectivity index (χ0) is 14.6. The van der Waals surface area contributed by atoms with Crippen molar-refractivity contribution in [3.8, 4) is 0 Å². The summed E-state index contributed by atoms with van der Waals surface area (Å²) >= 11 is 6.41. The maximum Gasteiger partial charge on any atom is 0.241 e. The zero-order valence-electron chi connectivity index (χ0n) is 9.97. The first-order chi connectivity index (χ1) is 8.77. The van der Waals surface area contributed by atoms with Crippen LogP contribution in [0, 0.1) is 5.92 Å². The molecule has 1 rings (SSSR count). The van der Waals surface area contributed by atoms with E-state index >= 15 is 0 Å². The molecule has 9 heteroatoms. The highest BCUT2D eigenvalue weighted by Gasteiger charge is 2.19. The largest absolute Gasteiger partial charge is 0.409 e. The maximum absolute atomic E-state index is 12.1. The second kappa shape index (κ2) is 6.69. The Balaban J connectivity index is 2.91. The number of sulfonamides is 1. The standard InChI is InChI=1S/C10H13Br2N3O3S/c1-6(10(13)15-16)5-14-19(17,18)9-4-7(11)2-3-8(9)12/h2-4,6,14,16H,5H2,1H3,(H2,13,15). The van der Waals surface area contributed by atoms with Crippen LogP contribution in [-0.2, 0) is 10.0 Å². The number of nitrogens with one attached hydrogen (secondary N) is 1. The Bertz CT molecular complexity index is 590. The summed E-state index contributed by atoms with van der Waals surface area (Å²) in [5.74, 6) is -0.443. The van der Waals surface area contributed by atoms with Crippen LogP contribution in [0.15, 0.2) is 37.2 Å². The SMILES string of the molecule is CC(CNS(=O)(=O)c1cc(Br)ccc1Br)C(N)=NO. The second-order valence-electron chi connectivity index (χ2n) is 3.85. The van der Waals surface area contributed by atoms with Gasteiger partial charge >= 0.3 is 0 Å². The van der Waals surface area contributed by atoms with Gasteiger partial charge in [-0.3, -0.25) is 0 Å². The van der Waals surface area contributed by atoms with E-state index in [0.717, 1.165) is 0 Å². The van der Waals surface area contributed by atoms with Gasteiger partial charge in [-0.15, -0.1) is 0 Å². The summed E-state index contributed by atoms with van der Waals surface area (Å²) in [5.41, 5.74) is 5.39. The smallest absolute Gasteiger partial charge is 0.241 e. The quantitative estimate of drug-likeness (QED) is 0.296. The van der Waals surface area contributed by atoms with Gasteiger partial charge in [0.25, 0.3) is 0 Å². The number of rotatable bonds is 5. The molecule has 0 amide bonds. The summed E-state index contributed by atoms with van der Waals surface area (Å²) in [6.07, 6.45) is 0. The average Bonchev–Trinajstić information content (AvgIpc) is 2.37. The van der Waals surface area contributed by atoms with Gasteiger partial charge in [0.1, 0.15) is 5.84 Å². The molecule has 106 valence electrons. The van der Waals surface area contributed by atoms with Crippen LogP contribution in [0.3, 0.4) is 0 Å². The Hall–Kier alpha value is -0.640. The predicted molar refractivity (Wildman–Crippen MR) is 79.6 cm³/mol. The highest BCUT2D eigenvalue weighted by molar-refractivity contribution is 9.11. The van der Waals surface area contributed by atoms with Gasteiger partial charge in [-0.1, -0.05) is 28.0 Å². The topological polar surface area (TPSA) is 105 Å². The third-order valence-electron chi connectivity index (χ3n) is 2.38. The monoisotopic (exact) mass is 413 g/mol. The van der Waals surface area contributed by atoms with E-state index in [1.54, 1.807) is 19.1 Å². The van der Waals surface area contributed by atoms with Crippen LogP contribution in [0.1, 0.15) is 6.92 Å². The molecule has 0 aliphatic rings. The summed E-state index contributed by atoms with van der Waals surface area (Å²) in [6.45, 7) is 1.69. The Morgan fingerprint density at radius 3 is 2.74 bits per heavy atom. The van der Waals surface area contributed by atoms with Gasteiger partial charge in [-0.2, -0.15) is 0 Å². The molecule has 0 heterocycles. The number of oxime groups is 1. The molecule has 19 heavy (non-hydrogen) atoms. The van der Waals surface area contributed by atoms with Gasteiger partial charge < -0.3 is 10.9 Å². The lowest BCUT2D eigenvalue weighted by molar-refractivity contribution is 0.314. The van der Waals surface area contributed by atoms with Crippen LogP contribution < -0.4 is 10.5 Å². The predicted octanol–water partition coefficient (Wildman–Crippen LogP) is 1.87. The van der Waals surface area contributed by atoms with E-state index in [1.807, 2.05) is 0 Å². The normalized spacial score (nSPS) is 14.4. The van der Waals surface area contributed by atoms with E-state index in [0.29, 0.717) is 8.95 Å². The molecule has 0 aromatic heterocycles. The number of nitrogens with zero attached hydrogens (tertiary/aromatic N) is 1. The summed E-state index contributed by atoms with van der Waals surface area (Å²) in [5, 5.41) is 11.3. The number of hydrogen-bond donors (Lipinski definition) is 3. The van der Waals surface area contributed by atoms with Gasteiger partial charge in [0.05, 0.1) is 4.90 Å². The first-order valence-electron chi connectivity index (χ1n) is 5.20. The number of benzene rings is 1. The fourth-order valence-electron chi connectivity index (χ4n) is 1.20. The van der Waals surface area contributed by atoms with E-state index in [1.165, 1.54) is 6.07 Å². The Morgan fingerprint density at radius 1 is 1.53 bits per heavy atom. The van der Waals surface area contributed by atoms with Crippen molar-refractivity contribution in [2.75, 3.05) is 6.54 Å². The molecule has 0 saturated heterocycles. The number of hydrogen-bond acceptors (Lipinski definition) is 4. The van der Waals surface area contributed by atoms with Crippen molar-refractivity contribution in [3.63, 3.8) is 0 Å². The fourth-order valence-corrected chi connectivity index (χ4v) is 3.83. The minimum atomic E-state index is -3.67. The lowest BCUT2D eigenvalue weighted by Gasteiger charge is -2.12. The van der Waals surface area contributed by atoms with Crippen molar-refractivity contribution in [3.05, 3.63) is 27.1 Å². The van der Waals surface area contributed by atoms with E-state index in [-0.39, 0.29) is 17.3 Å². The highest BCUT2D eigenvalue weighted by Crippen LogP contribution is 2.25. The van der Waals surface area contributed by atoms with Crippen molar-refractivity contribution in [2.24, 2.45) is 16.8 Å². The van der Waals surface area contributed by atoms with Crippen molar-refractivity contribution >= 4 is 47.7 Å². The summed E-state index contributed by atoms with van der Waals surface area (Å²) in [6, 6.07) is 4.84. The lowest BCUT2D eigenvalue weighted by Crippen LogP contribution is -2.34. The minimum Gasteiger partial charge on any atom is -0.409 e. The third-order valence-corrected chi connectivity index (χ3v) is 5.29. The van der Waals surface area contributed by atoms with Crippen LogP contribution in [0.5, 0.6) is 0 Å². The van der Waals surface area contributed by atoms with Crippen molar-refractivity contribution in [2.45, 2.75) is 11.8 Å². The minimum absolute atomic E-state index is 0.0315. The molecule has 0 spiro atoms. The molecule has 0 radical (unpaired) electrons. The summed E-state index contributed by atoms with van der Waals surface area (Å²) in [4.78, 5) is 0.119. The molecule has 1 atom stereocenters. The Labute approximate surface area is 128 Å². The van der Waals surface area contributed by atoms with E-state index in [2.05, 4.69) is 41.7 Å². The molecule has 0 saturated carbocycles. The van der Waals surface area contributed by atoms with Gasteiger partial charge in [0, 0.05) is 21.4 Å². The van der Waals surface area contributed by atoms with Crippen LogP contribution in [0.25, 0.3) is 0 Å². The Kier molecular flexibility index (Phi) is 5.78. The molecule has 0 bridgehead atoms. The number of halogens is 2. The number of nitrogens with two attached hydrogens (primary N) is 1. The van der Waals surface area contributed by atoms with Crippen LogP contribution >= 0.6 is 31.9 Å².